The summed E-state index contributed by atoms with van der Waals surface area (Å²) in [7, 11) is 0. The van der Waals surface area contributed by atoms with Crippen molar-refractivity contribution in [3.8, 4) is 0 Å². The van der Waals surface area contributed by atoms with E-state index in [2.05, 4.69) is 0 Å². The van der Waals surface area contributed by atoms with E-state index < -0.39 is 37.6 Å². The van der Waals surface area contributed by atoms with Crippen molar-refractivity contribution in [3.63, 3.8) is 0 Å². The van der Waals surface area contributed by atoms with Gasteiger partial charge >= 0.3 is 5.97 Å². The lowest BCUT2D eigenvalue weighted by molar-refractivity contribution is -0.137. The molecule has 0 amide bonds. The molecule has 2 unspecified atom stereocenters. The van der Waals surface area contributed by atoms with Crippen LogP contribution in [0.1, 0.15) is 12.8 Å². The van der Waals surface area contributed by atoms with Crippen LogP contribution < -0.4 is 0 Å². The van der Waals surface area contributed by atoms with Crippen molar-refractivity contribution in [1.82, 2.24) is 0 Å². The van der Waals surface area contributed by atoms with Crippen LogP contribution in [0.25, 0.3) is 0 Å². The molecule has 0 aliphatic heterocycles. The van der Waals surface area contributed by atoms with Gasteiger partial charge in [0.15, 0.2) is 6.17 Å². The first-order valence-corrected chi connectivity index (χ1v) is 3.23. The Hall–Kier alpha value is -0.810. The van der Waals surface area contributed by atoms with Gasteiger partial charge in [0.2, 0.25) is 0 Å². The van der Waals surface area contributed by atoms with Gasteiger partial charge in [0.05, 0.1) is 0 Å². The minimum atomic E-state index is -3.39. The highest BCUT2D eigenvalue weighted by Crippen LogP contribution is 2.16. The van der Waals surface area contributed by atoms with Gasteiger partial charge < -0.3 is 5.11 Å². The lowest BCUT2D eigenvalue weighted by atomic mass is 10.1. The fourth-order valence-electron chi connectivity index (χ4n) is 0.578. The number of carbonyl (C=O) groups is 1. The zero-order chi connectivity index (χ0) is 9.72. The average Bonchev–Trinajstić information content (AvgIpc) is 1.98. The molecular formula is C6H8F4O2. The van der Waals surface area contributed by atoms with Crippen LogP contribution in [-0.4, -0.2) is 29.8 Å². The Morgan fingerprint density at radius 3 is 2.08 bits per heavy atom. The fourth-order valence-corrected chi connectivity index (χ4v) is 0.578. The maximum absolute atomic E-state index is 12.3. The van der Waals surface area contributed by atoms with Crippen LogP contribution in [0.5, 0.6) is 0 Å². The summed E-state index contributed by atoms with van der Waals surface area (Å²) in [6.45, 7) is 0. The first-order chi connectivity index (χ1) is 5.45. The molecule has 0 aromatic heterocycles. The molecule has 0 heterocycles. The third-order valence-electron chi connectivity index (χ3n) is 1.22. The molecule has 0 aromatic rings. The lowest BCUT2D eigenvalue weighted by Gasteiger charge is -2.10. The van der Waals surface area contributed by atoms with Crippen molar-refractivity contribution in [2.24, 2.45) is 0 Å². The maximum atomic E-state index is 12.3. The highest BCUT2D eigenvalue weighted by Gasteiger charge is 2.29. The molecule has 72 valence electrons. The predicted molar refractivity (Wildman–Crippen MR) is 32.7 cm³/mol. The van der Waals surface area contributed by atoms with E-state index >= 15 is 0 Å². The molecule has 0 bridgehead atoms. The Balaban J connectivity index is 3.71. The zero-order valence-corrected chi connectivity index (χ0v) is 6.01. The van der Waals surface area contributed by atoms with Gasteiger partial charge in [-0.15, -0.1) is 0 Å². The van der Waals surface area contributed by atoms with Crippen molar-refractivity contribution in [2.45, 2.75) is 31.6 Å². The van der Waals surface area contributed by atoms with Crippen molar-refractivity contribution in [3.05, 3.63) is 0 Å². The van der Waals surface area contributed by atoms with Crippen LogP contribution in [0.3, 0.4) is 0 Å². The van der Waals surface area contributed by atoms with Crippen LogP contribution in [0, 0.1) is 0 Å². The smallest absolute Gasteiger partial charge is 0.303 e. The molecule has 0 aliphatic rings. The van der Waals surface area contributed by atoms with E-state index in [0.717, 1.165) is 0 Å². The SMILES string of the molecule is O=C(O)CCC(F)C(F)C(F)F. The van der Waals surface area contributed by atoms with E-state index in [1.54, 1.807) is 0 Å². The molecule has 6 heteroatoms. The third kappa shape index (κ3) is 4.15. The molecule has 2 atom stereocenters. The Morgan fingerprint density at radius 2 is 1.75 bits per heavy atom. The van der Waals surface area contributed by atoms with Crippen molar-refractivity contribution >= 4 is 5.97 Å². The molecule has 0 saturated carbocycles. The lowest BCUT2D eigenvalue weighted by Crippen LogP contribution is -2.25. The number of carboxylic acids is 1. The van der Waals surface area contributed by atoms with Crippen molar-refractivity contribution in [2.75, 3.05) is 0 Å². The fraction of sp³-hybridized carbons (Fsp3) is 0.833. The van der Waals surface area contributed by atoms with Crippen LogP contribution in [-0.2, 0) is 4.79 Å². The van der Waals surface area contributed by atoms with E-state index in [-0.39, 0.29) is 0 Å². The third-order valence-corrected chi connectivity index (χ3v) is 1.22. The second kappa shape index (κ2) is 4.95. The van der Waals surface area contributed by atoms with E-state index in [9.17, 15) is 22.4 Å². The molecule has 0 aromatic carbocycles. The van der Waals surface area contributed by atoms with Gasteiger partial charge in [0.25, 0.3) is 6.43 Å². The largest absolute Gasteiger partial charge is 0.481 e. The van der Waals surface area contributed by atoms with E-state index in [1.165, 1.54) is 0 Å². The number of carboxylic acid groups (broad SMARTS) is 1. The van der Waals surface area contributed by atoms with E-state index in [1.807, 2.05) is 0 Å². The van der Waals surface area contributed by atoms with Crippen LogP contribution in [0.2, 0.25) is 0 Å². The van der Waals surface area contributed by atoms with Crippen molar-refractivity contribution < 1.29 is 27.5 Å². The number of alkyl halides is 4. The van der Waals surface area contributed by atoms with Gasteiger partial charge in [-0.3, -0.25) is 4.79 Å². The summed E-state index contributed by atoms with van der Waals surface area (Å²) in [6, 6.07) is 0. The molecule has 2 nitrogen and oxygen atoms in total. The Morgan fingerprint density at radius 1 is 1.25 bits per heavy atom. The van der Waals surface area contributed by atoms with Gasteiger partial charge in [0.1, 0.15) is 6.17 Å². The van der Waals surface area contributed by atoms with Crippen LogP contribution in [0.4, 0.5) is 17.6 Å². The average molecular weight is 188 g/mol. The van der Waals surface area contributed by atoms with Crippen LogP contribution in [0.15, 0.2) is 0 Å². The maximum Gasteiger partial charge on any atom is 0.303 e. The summed E-state index contributed by atoms with van der Waals surface area (Å²) < 4.78 is 47.2. The molecule has 0 rings (SSSR count). The molecule has 0 aliphatic carbocycles. The molecule has 12 heavy (non-hydrogen) atoms. The highest BCUT2D eigenvalue weighted by molar-refractivity contribution is 5.66. The Labute approximate surface area is 66.2 Å². The monoisotopic (exact) mass is 188 g/mol. The first-order valence-electron chi connectivity index (χ1n) is 3.23. The predicted octanol–water partition coefficient (Wildman–Crippen LogP) is 1.79. The summed E-state index contributed by atoms with van der Waals surface area (Å²) in [4.78, 5) is 9.82. The quantitative estimate of drug-likeness (QED) is 0.668. The molecule has 0 radical (unpaired) electrons. The summed E-state index contributed by atoms with van der Waals surface area (Å²) >= 11 is 0. The number of hydrogen-bond donors (Lipinski definition) is 1. The molecule has 0 fully saturated rings. The molecule has 1 N–H and O–H groups in total. The van der Waals surface area contributed by atoms with Crippen molar-refractivity contribution in [1.29, 1.82) is 0 Å². The number of aliphatic carboxylic acids is 1. The van der Waals surface area contributed by atoms with Gasteiger partial charge in [-0.25, -0.2) is 17.6 Å². The minimum Gasteiger partial charge on any atom is -0.481 e. The van der Waals surface area contributed by atoms with E-state index in [0.29, 0.717) is 0 Å². The second-order valence-corrected chi connectivity index (χ2v) is 2.23. The summed E-state index contributed by atoms with van der Waals surface area (Å²) in [5, 5.41) is 8.01. The van der Waals surface area contributed by atoms with Crippen LogP contribution >= 0.6 is 0 Å². The van der Waals surface area contributed by atoms with Gasteiger partial charge in [0, 0.05) is 6.42 Å². The Kier molecular flexibility index (Phi) is 4.61. The standard InChI is InChI=1S/C6H8F4O2/c7-3(1-2-4(11)12)5(8)6(9)10/h3,5-6H,1-2H2,(H,11,12). The van der Waals surface area contributed by atoms with E-state index in [4.69, 9.17) is 5.11 Å². The summed E-state index contributed by atoms with van der Waals surface area (Å²) in [6.07, 6.45) is -10.0. The zero-order valence-electron chi connectivity index (χ0n) is 6.01. The second-order valence-electron chi connectivity index (χ2n) is 2.23. The topological polar surface area (TPSA) is 37.3 Å². The number of halogens is 4. The van der Waals surface area contributed by atoms with Gasteiger partial charge in [-0.2, -0.15) is 0 Å². The van der Waals surface area contributed by atoms with Gasteiger partial charge in [-0.05, 0) is 6.42 Å². The molecule has 0 spiro atoms. The summed E-state index contributed by atoms with van der Waals surface area (Å²) in [5.74, 6) is -1.33. The number of rotatable bonds is 5. The highest BCUT2D eigenvalue weighted by atomic mass is 19.3. The normalized spacial score (nSPS) is 16.1. The number of hydrogen-bond acceptors (Lipinski definition) is 1. The molecular weight excluding hydrogens is 180 g/mol. The summed E-state index contributed by atoms with van der Waals surface area (Å²) in [5.41, 5.74) is 0. The molecule has 0 saturated heterocycles. The Bertz CT molecular complexity index is 150. The first kappa shape index (κ1) is 11.2. The van der Waals surface area contributed by atoms with Gasteiger partial charge in [-0.1, -0.05) is 0 Å². The minimum absolute atomic E-state index is 0.645.